The Morgan fingerprint density at radius 1 is 1.10 bits per heavy atom. The summed E-state index contributed by atoms with van der Waals surface area (Å²) in [5, 5.41) is 0.414. The molecule has 1 unspecified atom stereocenters. The number of halogens is 3. The van der Waals surface area contributed by atoms with Crippen LogP contribution in [0.25, 0.3) is 22.0 Å². The van der Waals surface area contributed by atoms with Crippen molar-refractivity contribution in [3.05, 3.63) is 83.8 Å². The largest absolute Gasteiger partial charge is 0.598 e. The van der Waals surface area contributed by atoms with Crippen LogP contribution in [0.2, 0.25) is 0 Å². The van der Waals surface area contributed by atoms with E-state index >= 15 is 0 Å². The van der Waals surface area contributed by atoms with E-state index in [1.807, 2.05) is 20.8 Å². The van der Waals surface area contributed by atoms with E-state index in [1.54, 1.807) is 55.6 Å². The lowest BCUT2D eigenvalue weighted by Crippen LogP contribution is -2.39. The minimum absolute atomic E-state index is 0.0129. The molecule has 0 fully saturated rings. The molecule has 0 radical (unpaired) electrons. The number of nitrogens with one attached hydrogen (secondary N) is 1. The molecule has 0 spiro atoms. The number of pyridine rings is 1. The smallest absolute Gasteiger partial charge is 0.488 e. The highest BCUT2D eigenvalue weighted by molar-refractivity contribution is 7.90. The average Bonchev–Trinajstić information content (AvgIpc) is 3.35. The van der Waals surface area contributed by atoms with E-state index in [9.17, 15) is 22.5 Å². The van der Waals surface area contributed by atoms with E-state index < -0.39 is 28.4 Å². The number of alkyl halides is 3. The van der Waals surface area contributed by atoms with Gasteiger partial charge >= 0.3 is 12.3 Å². The molecule has 4 aromatic rings. The molecule has 0 bridgehead atoms. The number of carbonyl (C=O) groups excluding carboxylic acids is 1. The molecule has 218 valence electrons. The fourth-order valence-electron chi connectivity index (χ4n) is 4.26. The van der Waals surface area contributed by atoms with E-state index in [0.29, 0.717) is 39.1 Å². The first kappa shape index (κ1) is 30.4. The number of hydrogen-bond donors (Lipinski definition) is 1. The van der Waals surface area contributed by atoms with Gasteiger partial charge in [0, 0.05) is 34.7 Å². The van der Waals surface area contributed by atoms with Gasteiger partial charge in [-0.05, 0) is 80.8 Å². The lowest BCUT2D eigenvalue weighted by molar-refractivity contribution is -0.200. The number of fused-ring (bicyclic) bond motifs is 1. The summed E-state index contributed by atoms with van der Waals surface area (Å²) in [6, 6.07) is 15.2. The molecule has 0 amide bonds. The van der Waals surface area contributed by atoms with Crippen LogP contribution >= 0.6 is 0 Å². The van der Waals surface area contributed by atoms with Crippen LogP contribution < -0.4 is 9.46 Å². The zero-order valence-electron chi connectivity index (χ0n) is 23.2. The molecule has 0 aliphatic rings. The Labute approximate surface area is 240 Å². The zero-order valence-corrected chi connectivity index (χ0v) is 24.1. The van der Waals surface area contributed by atoms with Crippen LogP contribution in [0.3, 0.4) is 0 Å². The van der Waals surface area contributed by atoms with Gasteiger partial charge in [0.25, 0.3) is 0 Å². The van der Waals surface area contributed by atoms with Crippen LogP contribution in [0.5, 0.6) is 5.75 Å². The van der Waals surface area contributed by atoms with E-state index in [0.717, 1.165) is 6.20 Å². The zero-order chi connectivity index (χ0) is 29.8. The highest BCUT2D eigenvalue weighted by atomic mass is 32.2. The molecule has 1 atom stereocenters. The van der Waals surface area contributed by atoms with Gasteiger partial charge in [-0.15, -0.1) is 17.9 Å². The van der Waals surface area contributed by atoms with Crippen molar-refractivity contribution in [3.8, 4) is 16.9 Å². The lowest BCUT2D eigenvalue weighted by Gasteiger charge is -2.23. The normalized spacial score (nSPS) is 12.9. The highest BCUT2D eigenvalue weighted by Gasteiger charge is 2.32. The molecule has 2 heterocycles. The maximum Gasteiger partial charge on any atom is 0.488 e. The number of nitrogens with zero attached hydrogens (tertiary/aromatic N) is 2. The number of carbonyl (C=O) groups is 1. The highest BCUT2D eigenvalue weighted by Crippen LogP contribution is 2.36. The van der Waals surface area contributed by atoms with Gasteiger partial charge in [0.1, 0.15) is 17.1 Å². The fourth-order valence-corrected chi connectivity index (χ4v) is 4.97. The Balaban J connectivity index is 1.68. The quantitative estimate of drug-likeness (QED) is 0.170. The molecule has 11 heteroatoms. The van der Waals surface area contributed by atoms with Gasteiger partial charge in [-0.2, -0.15) is 0 Å². The molecule has 0 saturated carbocycles. The molecule has 0 aliphatic carbocycles. The van der Waals surface area contributed by atoms with E-state index in [4.69, 9.17) is 9.47 Å². The SMILES string of the molecule is CCOC(=O)Cc1ccccc1OCc1cc(-c2ccnc(CN[S+]([O-])C(C)(C)C)c2)c2ccn(C(F)(F)F)c2c1. The minimum atomic E-state index is -4.62. The Kier molecular flexibility index (Phi) is 9.31. The fraction of sp³-hybridized carbons (Fsp3) is 0.333. The third kappa shape index (κ3) is 7.60. The van der Waals surface area contributed by atoms with Gasteiger partial charge in [-0.1, -0.05) is 18.2 Å². The summed E-state index contributed by atoms with van der Waals surface area (Å²) < 4.78 is 67.9. The molecule has 0 aliphatic heterocycles. The summed E-state index contributed by atoms with van der Waals surface area (Å²) in [6.07, 6.45) is -2.02. The first-order valence-corrected chi connectivity index (χ1v) is 14.2. The van der Waals surface area contributed by atoms with Crippen LogP contribution in [0, 0.1) is 0 Å². The summed E-state index contributed by atoms with van der Waals surface area (Å²) >= 11 is -1.31. The van der Waals surface area contributed by atoms with Crippen LogP contribution in [0.15, 0.2) is 67.0 Å². The summed E-state index contributed by atoms with van der Waals surface area (Å²) in [6.45, 7) is 7.73. The monoisotopic (exact) mass is 587 g/mol. The maximum absolute atomic E-state index is 13.9. The molecule has 7 nitrogen and oxygen atoms in total. The third-order valence-corrected chi connectivity index (χ3v) is 7.74. The number of hydrogen-bond acceptors (Lipinski definition) is 6. The first-order chi connectivity index (χ1) is 19.4. The van der Waals surface area contributed by atoms with Crippen molar-refractivity contribution >= 4 is 28.2 Å². The van der Waals surface area contributed by atoms with Crippen LogP contribution in [-0.4, -0.2) is 31.4 Å². The van der Waals surface area contributed by atoms with Crippen molar-refractivity contribution < 1.29 is 32.0 Å². The number of benzene rings is 2. The summed E-state index contributed by atoms with van der Waals surface area (Å²) in [4.78, 5) is 16.4. The Bertz CT molecular complexity index is 1520. The number of ether oxygens (including phenoxy) is 2. The summed E-state index contributed by atoms with van der Waals surface area (Å²) in [5.74, 6) is 0.0436. The minimum Gasteiger partial charge on any atom is -0.598 e. The Hall–Kier alpha value is -3.54. The molecular formula is C30H32F3N3O4S. The second-order valence-corrected chi connectivity index (χ2v) is 12.4. The number of para-hydroxylation sites is 1. The third-order valence-electron chi connectivity index (χ3n) is 6.22. The number of aromatic nitrogens is 2. The van der Waals surface area contributed by atoms with Crippen LogP contribution in [0.1, 0.15) is 44.5 Å². The maximum atomic E-state index is 13.9. The van der Waals surface area contributed by atoms with Crippen molar-refractivity contribution in [3.63, 3.8) is 0 Å². The second-order valence-electron chi connectivity index (χ2n) is 10.3. The van der Waals surface area contributed by atoms with Crippen molar-refractivity contribution in [2.75, 3.05) is 6.61 Å². The van der Waals surface area contributed by atoms with Crippen molar-refractivity contribution in [1.82, 2.24) is 14.3 Å². The van der Waals surface area contributed by atoms with E-state index in [1.165, 1.54) is 12.1 Å². The van der Waals surface area contributed by atoms with Gasteiger partial charge < -0.3 is 14.0 Å². The lowest BCUT2D eigenvalue weighted by atomic mass is 9.99. The summed E-state index contributed by atoms with van der Waals surface area (Å²) in [7, 11) is 0. The van der Waals surface area contributed by atoms with Gasteiger partial charge in [-0.25, -0.2) is 0 Å². The average molecular weight is 588 g/mol. The van der Waals surface area contributed by atoms with Gasteiger partial charge in [-0.3, -0.25) is 14.3 Å². The van der Waals surface area contributed by atoms with Crippen LogP contribution in [0.4, 0.5) is 13.2 Å². The predicted octanol–water partition coefficient (Wildman–Crippen LogP) is 6.42. The van der Waals surface area contributed by atoms with Gasteiger partial charge in [0.15, 0.2) is 0 Å². The molecule has 2 aromatic heterocycles. The van der Waals surface area contributed by atoms with Crippen molar-refractivity contribution in [2.45, 2.75) is 58.3 Å². The van der Waals surface area contributed by atoms with Gasteiger partial charge in [0.2, 0.25) is 0 Å². The topological polar surface area (TPSA) is 88.4 Å². The number of esters is 1. The molecule has 41 heavy (non-hydrogen) atoms. The molecule has 4 rings (SSSR count). The summed E-state index contributed by atoms with van der Waals surface area (Å²) in [5.41, 5.74) is 2.94. The van der Waals surface area contributed by atoms with Crippen molar-refractivity contribution in [2.24, 2.45) is 0 Å². The first-order valence-electron chi connectivity index (χ1n) is 13.0. The number of rotatable bonds is 10. The van der Waals surface area contributed by atoms with E-state index in [-0.39, 0.29) is 36.3 Å². The molecule has 2 aromatic carbocycles. The standard InChI is InChI=1S/C30H32F3N3O4S/c1-5-39-28(37)17-22-8-6-7-9-27(22)40-19-20-14-25(24-11-13-36(26(24)15-20)30(31,32)33)21-10-12-34-23(16-21)18-35-41(38)29(2,3)4/h6-16,35H,5,17-19H2,1-4H3. The molecule has 0 saturated heterocycles. The van der Waals surface area contributed by atoms with Crippen molar-refractivity contribution in [1.29, 1.82) is 0 Å². The Morgan fingerprint density at radius 3 is 2.56 bits per heavy atom. The van der Waals surface area contributed by atoms with E-state index in [2.05, 4.69) is 9.71 Å². The Morgan fingerprint density at radius 2 is 1.85 bits per heavy atom. The molecular weight excluding hydrogens is 555 g/mol. The van der Waals surface area contributed by atoms with Crippen LogP contribution in [-0.2, 0) is 46.8 Å². The second kappa shape index (κ2) is 12.5. The van der Waals surface area contributed by atoms with Gasteiger partial charge in [0.05, 0.1) is 30.8 Å². The predicted molar refractivity (Wildman–Crippen MR) is 152 cm³/mol. The molecule has 1 N–H and O–H groups in total.